The van der Waals surface area contributed by atoms with Gasteiger partial charge >= 0.3 is 0 Å². The van der Waals surface area contributed by atoms with Crippen LogP contribution in [0.1, 0.15) is 18.9 Å². The van der Waals surface area contributed by atoms with Gasteiger partial charge in [-0.05, 0) is 37.5 Å². The second-order valence-corrected chi connectivity index (χ2v) is 5.22. The molecule has 0 aliphatic rings. The Morgan fingerprint density at radius 2 is 2.25 bits per heavy atom. The summed E-state index contributed by atoms with van der Waals surface area (Å²) in [6, 6.07) is 5.20. The molecule has 1 unspecified atom stereocenters. The van der Waals surface area contributed by atoms with Crippen molar-refractivity contribution in [3.63, 3.8) is 0 Å². The lowest BCUT2D eigenvalue weighted by atomic mass is 10.2. The lowest BCUT2D eigenvalue weighted by molar-refractivity contribution is 0.519. The molecule has 1 N–H and O–H groups in total. The SMILES string of the molecule is CSCCC(C)NCc1ccc(Cl)cc1F. The molecule has 1 aromatic rings. The summed E-state index contributed by atoms with van der Waals surface area (Å²) in [5.74, 6) is 0.883. The lowest BCUT2D eigenvalue weighted by Gasteiger charge is -2.13. The Morgan fingerprint density at radius 1 is 1.50 bits per heavy atom. The van der Waals surface area contributed by atoms with Gasteiger partial charge in [-0.2, -0.15) is 11.8 Å². The molecule has 1 rings (SSSR count). The smallest absolute Gasteiger partial charge is 0.129 e. The van der Waals surface area contributed by atoms with Gasteiger partial charge in [-0.1, -0.05) is 17.7 Å². The summed E-state index contributed by atoms with van der Waals surface area (Å²) >= 11 is 7.51. The molecule has 1 aromatic carbocycles. The molecule has 16 heavy (non-hydrogen) atoms. The van der Waals surface area contributed by atoms with Gasteiger partial charge in [0.15, 0.2) is 0 Å². The molecule has 0 saturated carbocycles. The zero-order chi connectivity index (χ0) is 12.0. The van der Waals surface area contributed by atoms with Crippen molar-refractivity contribution in [1.82, 2.24) is 5.32 Å². The van der Waals surface area contributed by atoms with Crippen LogP contribution in [0.3, 0.4) is 0 Å². The van der Waals surface area contributed by atoms with Crippen molar-refractivity contribution < 1.29 is 4.39 Å². The molecular formula is C12H17ClFNS. The number of halogens is 2. The fourth-order valence-electron chi connectivity index (χ4n) is 1.35. The van der Waals surface area contributed by atoms with Crippen molar-refractivity contribution >= 4 is 23.4 Å². The molecule has 0 heterocycles. The molecule has 0 aromatic heterocycles. The average molecular weight is 262 g/mol. The Balaban J connectivity index is 2.42. The maximum atomic E-state index is 13.4. The molecule has 1 atom stereocenters. The number of nitrogens with one attached hydrogen (secondary N) is 1. The molecule has 0 spiro atoms. The Bertz CT molecular complexity index is 333. The molecule has 0 bridgehead atoms. The molecule has 90 valence electrons. The van der Waals surface area contributed by atoms with Crippen LogP contribution < -0.4 is 5.32 Å². The van der Waals surface area contributed by atoms with Crippen LogP contribution in [0.4, 0.5) is 4.39 Å². The molecule has 0 radical (unpaired) electrons. The highest BCUT2D eigenvalue weighted by atomic mass is 35.5. The van der Waals surface area contributed by atoms with Crippen molar-refractivity contribution in [3.05, 3.63) is 34.6 Å². The minimum absolute atomic E-state index is 0.239. The minimum atomic E-state index is -0.239. The number of benzene rings is 1. The van der Waals surface area contributed by atoms with Crippen LogP contribution in [-0.4, -0.2) is 18.1 Å². The molecule has 1 nitrogen and oxygen atoms in total. The van der Waals surface area contributed by atoms with E-state index in [1.165, 1.54) is 6.07 Å². The van der Waals surface area contributed by atoms with Gasteiger partial charge in [-0.15, -0.1) is 0 Å². The summed E-state index contributed by atoms with van der Waals surface area (Å²) in [4.78, 5) is 0. The van der Waals surface area contributed by atoms with E-state index < -0.39 is 0 Å². The first-order valence-corrected chi connectivity index (χ1v) is 7.07. The van der Waals surface area contributed by atoms with Crippen LogP contribution in [0.25, 0.3) is 0 Å². The summed E-state index contributed by atoms with van der Waals surface area (Å²) in [5.41, 5.74) is 0.667. The maximum Gasteiger partial charge on any atom is 0.129 e. The van der Waals surface area contributed by atoms with E-state index in [9.17, 15) is 4.39 Å². The Morgan fingerprint density at radius 3 is 2.88 bits per heavy atom. The maximum absolute atomic E-state index is 13.4. The second kappa shape index (κ2) is 7.15. The second-order valence-electron chi connectivity index (χ2n) is 3.80. The highest BCUT2D eigenvalue weighted by Gasteiger charge is 2.05. The van der Waals surface area contributed by atoms with Crippen LogP contribution in [0.15, 0.2) is 18.2 Å². The van der Waals surface area contributed by atoms with Crippen LogP contribution in [0, 0.1) is 5.82 Å². The van der Waals surface area contributed by atoms with E-state index in [1.807, 2.05) is 11.8 Å². The standard InChI is InChI=1S/C12H17ClFNS/c1-9(5-6-16-2)15-8-10-3-4-11(13)7-12(10)14/h3-4,7,9,15H,5-6,8H2,1-2H3. The third kappa shape index (κ3) is 4.73. The highest BCUT2D eigenvalue weighted by molar-refractivity contribution is 7.98. The fourth-order valence-corrected chi connectivity index (χ4v) is 2.09. The summed E-state index contributed by atoms with van der Waals surface area (Å²) in [7, 11) is 0. The van der Waals surface area contributed by atoms with Gasteiger partial charge in [0.1, 0.15) is 5.82 Å². The van der Waals surface area contributed by atoms with Gasteiger partial charge in [0.2, 0.25) is 0 Å². The summed E-state index contributed by atoms with van der Waals surface area (Å²) in [6.45, 7) is 2.67. The van der Waals surface area contributed by atoms with Crippen LogP contribution in [0.2, 0.25) is 5.02 Å². The van der Waals surface area contributed by atoms with Crippen molar-refractivity contribution in [2.75, 3.05) is 12.0 Å². The first-order valence-electron chi connectivity index (χ1n) is 5.29. The molecule has 0 amide bonds. The van der Waals surface area contributed by atoms with Gasteiger partial charge in [0.25, 0.3) is 0 Å². The average Bonchev–Trinajstić information content (AvgIpc) is 2.25. The quantitative estimate of drug-likeness (QED) is 0.838. The van der Waals surface area contributed by atoms with Crippen molar-refractivity contribution in [2.45, 2.75) is 25.9 Å². The molecule has 0 aliphatic carbocycles. The zero-order valence-electron chi connectivity index (χ0n) is 9.59. The topological polar surface area (TPSA) is 12.0 Å². The Labute approximate surface area is 106 Å². The van der Waals surface area contributed by atoms with Crippen molar-refractivity contribution in [1.29, 1.82) is 0 Å². The van der Waals surface area contributed by atoms with Gasteiger partial charge in [-0.25, -0.2) is 4.39 Å². The minimum Gasteiger partial charge on any atom is -0.310 e. The van der Waals surface area contributed by atoms with Crippen molar-refractivity contribution in [2.24, 2.45) is 0 Å². The third-order valence-electron chi connectivity index (χ3n) is 2.41. The van der Waals surface area contributed by atoms with Gasteiger partial charge in [-0.3, -0.25) is 0 Å². The van der Waals surface area contributed by atoms with E-state index >= 15 is 0 Å². The number of rotatable bonds is 6. The van der Waals surface area contributed by atoms with Gasteiger partial charge in [0, 0.05) is 23.2 Å². The van der Waals surface area contributed by atoms with Gasteiger partial charge in [0.05, 0.1) is 0 Å². The van der Waals surface area contributed by atoms with E-state index in [0.29, 0.717) is 23.2 Å². The normalized spacial score (nSPS) is 12.8. The van der Waals surface area contributed by atoms with Gasteiger partial charge < -0.3 is 5.32 Å². The predicted octanol–water partition coefficient (Wildman–Crippen LogP) is 3.71. The van der Waals surface area contributed by atoms with Crippen molar-refractivity contribution in [3.8, 4) is 0 Å². The van der Waals surface area contributed by atoms with Crippen LogP contribution in [0.5, 0.6) is 0 Å². The highest BCUT2D eigenvalue weighted by Crippen LogP contribution is 2.14. The molecular weight excluding hydrogens is 245 g/mol. The molecule has 4 heteroatoms. The van der Waals surface area contributed by atoms with E-state index in [-0.39, 0.29) is 5.82 Å². The van der Waals surface area contributed by atoms with Crippen LogP contribution >= 0.6 is 23.4 Å². The molecule has 0 saturated heterocycles. The Hall–Kier alpha value is -0.250. The van der Waals surface area contributed by atoms with E-state index in [2.05, 4.69) is 18.5 Å². The van der Waals surface area contributed by atoms with E-state index in [1.54, 1.807) is 12.1 Å². The monoisotopic (exact) mass is 261 g/mol. The Kier molecular flexibility index (Phi) is 6.17. The third-order valence-corrected chi connectivity index (χ3v) is 3.29. The number of thioether (sulfide) groups is 1. The van der Waals surface area contributed by atoms with E-state index in [4.69, 9.17) is 11.6 Å². The fraction of sp³-hybridized carbons (Fsp3) is 0.500. The lowest BCUT2D eigenvalue weighted by Crippen LogP contribution is -2.26. The first kappa shape index (κ1) is 13.8. The molecule has 0 aliphatic heterocycles. The summed E-state index contributed by atoms with van der Waals surface area (Å²) < 4.78 is 13.4. The summed E-state index contributed by atoms with van der Waals surface area (Å²) in [6.07, 6.45) is 3.18. The number of hydrogen-bond donors (Lipinski definition) is 1. The molecule has 0 fully saturated rings. The number of hydrogen-bond acceptors (Lipinski definition) is 2. The predicted molar refractivity (Wildman–Crippen MR) is 70.7 cm³/mol. The van der Waals surface area contributed by atoms with Crippen LogP contribution in [-0.2, 0) is 6.54 Å². The first-order chi connectivity index (χ1) is 7.63. The summed E-state index contributed by atoms with van der Waals surface area (Å²) in [5, 5.41) is 3.74. The van der Waals surface area contributed by atoms with E-state index in [0.717, 1.165) is 12.2 Å². The zero-order valence-corrected chi connectivity index (χ0v) is 11.2. The largest absolute Gasteiger partial charge is 0.310 e.